The van der Waals surface area contributed by atoms with Crippen LogP contribution in [0.5, 0.6) is 0 Å². The summed E-state index contributed by atoms with van der Waals surface area (Å²) in [6, 6.07) is 14.5. The number of ketones is 1. The molecule has 2 aromatic carbocycles. The Morgan fingerprint density at radius 2 is 1.79 bits per heavy atom. The van der Waals surface area contributed by atoms with Crippen molar-refractivity contribution in [3.63, 3.8) is 0 Å². The lowest BCUT2D eigenvalue weighted by molar-refractivity contribution is 0.104. The van der Waals surface area contributed by atoms with Crippen LogP contribution in [0.2, 0.25) is 0 Å². The Labute approximate surface area is 197 Å². The van der Waals surface area contributed by atoms with Gasteiger partial charge in [0.05, 0.1) is 10.9 Å². The molecule has 0 saturated heterocycles. The van der Waals surface area contributed by atoms with Gasteiger partial charge in [0.25, 0.3) is 0 Å². The van der Waals surface area contributed by atoms with E-state index in [-0.39, 0.29) is 17.6 Å². The molecule has 0 aliphatic heterocycles. The number of hydrogen-bond donors (Lipinski definition) is 3. The second-order valence-corrected chi connectivity index (χ2v) is 8.54. The van der Waals surface area contributed by atoms with Gasteiger partial charge in [0.2, 0.25) is 0 Å². The van der Waals surface area contributed by atoms with E-state index in [2.05, 4.69) is 27.5 Å². The third kappa shape index (κ3) is 4.10. The van der Waals surface area contributed by atoms with E-state index < -0.39 is 0 Å². The summed E-state index contributed by atoms with van der Waals surface area (Å²) in [5.41, 5.74) is 10.1. The van der Waals surface area contributed by atoms with Crippen LogP contribution in [0.4, 0.5) is 22.0 Å². The topological polar surface area (TPSA) is 115 Å². The Morgan fingerprint density at radius 3 is 2.50 bits per heavy atom. The van der Waals surface area contributed by atoms with Crippen molar-refractivity contribution in [2.24, 2.45) is 0 Å². The molecule has 1 aliphatic rings. The fourth-order valence-corrected chi connectivity index (χ4v) is 4.28. The van der Waals surface area contributed by atoms with Crippen LogP contribution < -0.4 is 16.4 Å². The zero-order chi connectivity index (χ0) is 23.7. The molecule has 4 aromatic rings. The second kappa shape index (κ2) is 8.97. The Balaban J connectivity index is 1.40. The van der Waals surface area contributed by atoms with Crippen LogP contribution in [-0.4, -0.2) is 26.3 Å². The minimum absolute atomic E-state index is 0.190. The maximum Gasteiger partial charge on any atom is 0.323 e. The van der Waals surface area contributed by atoms with E-state index >= 15 is 0 Å². The van der Waals surface area contributed by atoms with Crippen molar-refractivity contribution in [3.8, 4) is 0 Å². The molecule has 1 fully saturated rings. The van der Waals surface area contributed by atoms with Crippen molar-refractivity contribution in [2.45, 2.75) is 38.6 Å². The Kier molecular flexibility index (Phi) is 5.71. The fourth-order valence-electron chi connectivity index (χ4n) is 4.28. The van der Waals surface area contributed by atoms with Crippen LogP contribution in [-0.2, 0) is 6.42 Å². The summed E-state index contributed by atoms with van der Waals surface area (Å²) < 4.78 is 2.05. The lowest BCUT2D eigenvalue weighted by Gasteiger charge is -2.27. The Morgan fingerprint density at radius 1 is 1.06 bits per heavy atom. The number of fused-ring (bicyclic) bond motifs is 1. The molecule has 2 aromatic heterocycles. The first-order valence-electron chi connectivity index (χ1n) is 11.5. The maximum atomic E-state index is 13.5. The molecular formula is C26H26N6O2. The van der Waals surface area contributed by atoms with Crippen molar-refractivity contribution >= 4 is 40.0 Å². The number of nitrogen functional groups attached to an aromatic ring is 1. The summed E-state index contributed by atoms with van der Waals surface area (Å²) in [6.45, 7) is 2.06. The van der Waals surface area contributed by atoms with Crippen molar-refractivity contribution in [3.05, 3.63) is 77.7 Å². The monoisotopic (exact) mass is 454 g/mol. The van der Waals surface area contributed by atoms with E-state index in [0.29, 0.717) is 39.6 Å². The van der Waals surface area contributed by atoms with Crippen LogP contribution in [0.3, 0.4) is 0 Å². The van der Waals surface area contributed by atoms with Gasteiger partial charge < -0.3 is 20.9 Å². The highest BCUT2D eigenvalue weighted by Gasteiger charge is 2.26. The van der Waals surface area contributed by atoms with E-state index in [0.717, 1.165) is 31.2 Å². The number of nitrogens with zero attached hydrogens (tertiary/aromatic N) is 3. The number of amides is 2. The number of nitrogens with two attached hydrogens (primary N) is 1. The summed E-state index contributed by atoms with van der Waals surface area (Å²) in [4.78, 5) is 34.5. The first-order valence-corrected chi connectivity index (χ1v) is 11.5. The highest BCUT2D eigenvalue weighted by Crippen LogP contribution is 2.37. The lowest BCUT2D eigenvalue weighted by atomic mass is 9.93. The highest BCUT2D eigenvalue weighted by molar-refractivity contribution is 6.18. The van der Waals surface area contributed by atoms with E-state index in [9.17, 15) is 9.59 Å². The molecular weight excluding hydrogens is 428 g/mol. The van der Waals surface area contributed by atoms with Gasteiger partial charge in [0.15, 0.2) is 5.78 Å². The molecule has 5 rings (SSSR count). The molecule has 1 saturated carbocycles. The number of nitrogens with one attached hydrogen (secondary N) is 2. The van der Waals surface area contributed by atoms with E-state index in [1.54, 1.807) is 24.3 Å². The van der Waals surface area contributed by atoms with Gasteiger partial charge in [-0.1, -0.05) is 31.2 Å². The third-order valence-corrected chi connectivity index (χ3v) is 6.33. The number of carbonyl (C=O) groups excluding carboxylic acids is 2. The molecule has 0 unspecified atom stereocenters. The standard InChI is InChI=1S/C26H26N6O2/c1-2-16-6-3-8-18(12-16)30-26(34)31-19-9-4-7-17(13-19)23(33)21-14-32(20-10-5-11-20)25-22(21)24(27)28-15-29-25/h3-4,6-9,12-15,20H,2,5,10-11H2,1H3,(H2,27,28,29)(H2,30,31,34). The van der Waals surface area contributed by atoms with E-state index in [4.69, 9.17) is 5.73 Å². The molecule has 0 radical (unpaired) electrons. The number of anilines is 3. The summed E-state index contributed by atoms with van der Waals surface area (Å²) in [5.74, 6) is 0.0960. The van der Waals surface area contributed by atoms with Crippen molar-refractivity contribution in [1.82, 2.24) is 14.5 Å². The largest absolute Gasteiger partial charge is 0.383 e. The Hall–Kier alpha value is -4.20. The number of aryl methyl sites for hydroxylation is 1. The van der Waals surface area contributed by atoms with E-state index in [1.807, 2.05) is 35.0 Å². The third-order valence-electron chi connectivity index (χ3n) is 6.33. The van der Waals surface area contributed by atoms with Crippen LogP contribution >= 0.6 is 0 Å². The molecule has 4 N–H and O–H groups in total. The average Bonchev–Trinajstić information content (AvgIpc) is 3.18. The van der Waals surface area contributed by atoms with Crippen LogP contribution in [0.1, 0.15) is 53.7 Å². The first-order chi connectivity index (χ1) is 16.5. The van der Waals surface area contributed by atoms with Gasteiger partial charge in [-0.2, -0.15) is 0 Å². The molecule has 1 aliphatic carbocycles. The molecule has 0 bridgehead atoms. The van der Waals surface area contributed by atoms with Crippen LogP contribution in [0.15, 0.2) is 61.1 Å². The number of benzene rings is 2. The molecule has 34 heavy (non-hydrogen) atoms. The fraction of sp³-hybridized carbons (Fsp3) is 0.231. The van der Waals surface area contributed by atoms with Crippen molar-refractivity contribution < 1.29 is 9.59 Å². The summed E-state index contributed by atoms with van der Waals surface area (Å²) in [5, 5.41) is 6.22. The quantitative estimate of drug-likeness (QED) is 0.347. The predicted molar refractivity (Wildman–Crippen MR) is 133 cm³/mol. The zero-order valence-corrected chi connectivity index (χ0v) is 18.9. The molecule has 2 heterocycles. The zero-order valence-electron chi connectivity index (χ0n) is 18.9. The highest BCUT2D eigenvalue weighted by atomic mass is 16.2. The maximum absolute atomic E-state index is 13.5. The SMILES string of the molecule is CCc1cccc(NC(=O)Nc2cccc(C(=O)c3cn(C4CCC4)c4ncnc(N)c34)c2)c1. The van der Waals surface area contributed by atoms with E-state index in [1.165, 1.54) is 6.33 Å². The van der Waals surface area contributed by atoms with Gasteiger partial charge in [0.1, 0.15) is 17.8 Å². The molecule has 172 valence electrons. The van der Waals surface area contributed by atoms with Gasteiger partial charge in [-0.25, -0.2) is 14.8 Å². The van der Waals surface area contributed by atoms with Gasteiger partial charge in [-0.05, 0) is 55.5 Å². The predicted octanol–water partition coefficient (Wildman–Crippen LogP) is 5.18. The van der Waals surface area contributed by atoms with Crippen LogP contribution in [0.25, 0.3) is 11.0 Å². The van der Waals surface area contributed by atoms with Gasteiger partial charge in [0, 0.05) is 29.2 Å². The van der Waals surface area contributed by atoms with Gasteiger partial charge >= 0.3 is 6.03 Å². The van der Waals surface area contributed by atoms with Gasteiger partial charge in [-0.15, -0.1) is 0 Å². The number of hydrogen-bond acceptors (Lipinski definition) is 5. The summed E-state index contributed by atoms with van der Waals surface area (Å²) in [7, 11) is 0. The summed E-state index contributed by atoms with van der Waals surface area (Å²) >= 11 is 0. The number of aromatic nitrogens is 3. The molecule has 8 nitrogen and oxygen atoms in total. The minimum Gasteiger partial charge on any atom is -0.383 e. The van der Waals surface area contributed by atoms with Crippen LogP contribution in [0, 0.1) is 0 Å². The second-order valence-electron chi connectivity index (χ2n) is 8.54. The average molecular weight is 455 g/mol. The lowest BCUT2D eigenvalue weighted by Crippen LogP contribution is -2.19. The number of carbonyl (C=O) groups is 2. The number of urea groups is 1. The smallest absolute Gasteiger partial charge is 0.323 e. The van der Waals surface area contributed by atoms with Crippen molar-refractivity contribution in [1.29, 1.82) is 0 Å². The molecule has 0 spiro atoms. The first kappa shape index (κ1) is 21.6. The molecule has 2 amide bonds. The summed E-state index contributed by atoms with van der Waals surface area (Å²) in [6.07, 6.45) is 7.42. The molecule has 8 heteroatoms. The van der Waals surface area contributed by atoms with Crippen molar-refractivity contribution in [2.75, 3.05) is 16.4 Å². The molecule has 0 atom stereocenters. The van der Waals surface area contributed by atoms with Gasteiger partial charge in [-0.3, -0.25) is 4.79 Å². The Bertz CT molecular complexity index is 1390. The normalized spacial score (nSPS) is 13.4. The number of rotatable bonds is 6. The minimum atomic E-state index is -0.378.